The zero-order chi connectivity index (χ0) is 14.1. The molecule has 18 heavy (non-hydrogen) atoms. The van der Waals surface area contributed by atoms with Crippen molar-refractivity contribution in [1.82, 2.24) is 3.11 Å². The number of halogens is 2. The lowest BCUT2D eigenvalue weighted by Gasteiger charge is -2.48. The highest BCUT2D eigenvalue weighted by Crippen LogP contribution is 2.44. The SMILES string of the molecule is CSC(C)(C)C(C)(C)N(I)C1=C(I)C(=O)CCC1. The summed E-state index contributed by atoms with van der Waals surface area (Å²) in [5.74, 6) is 0.302. The van der Waals surface area contributed by atoms with Crippen molar-refractivity contribution in [3.63, 3.8) is 0 Å². The number of carbonyl (C=O) groups is 1. The average molecular weight is 493 g/mol. The van der Waals surface area contributed by atoms with Crippen molar-refractivity contribution in [1.29, 1.82) is 0 Å². The number of hydrogen-bond donors (Lipinski definition) is 0. The Balaban J connectivity index is 3.10. The van der Waals surface area contributed by atoms with Gasteiger partial charge in [0.1, 0.15) is 0 Å². The molecular weight excluding hydrogens is 472 g/mol. The summed E-state index contributed by atoms with van der Waals surface area (Å²) in [5.41, 5.74) is 1.20. The molecule has 5 heteroatoms. The molecule has 0 unspecified atom stereocenters. The molecule has 0 amide bonds. The Labute approximate surface area is 142 Å². The Bertz CT molecular complexity index is 377. The highest BCUT2D eigenvalue weighted by atomic mass is 127. The first kappa shape index (κ1) is 17.1. The maximum Gasteiger partial charge on any atom is 0.170 e. The molecule has 0 bridgehead atoms. The average Bonchev–Trinajstić information content (AvgIpc) is 2.31. The van der Waals surface area contributed by atoms with E-state index in [1.54, 1.807) is 0 Å². The van der Waals surface area contributed by atoms with Gasteiger partial charge in [0.2, 0.25) is 0 Å². The summed E-state index contributed by atoms with van der Waals surface area (Å²) in [5, 5.41) is 0. The number of nitrogens with zero attached hydrogens (tertiary/aromatic N) is 1. The van der Waals surface area contributed by atoms with Crippen molar-refractivity contribution in [2.24, 2.45) is 0 Å². The second-order valence-corrected chi connectivity index (χ2v) is 9.06. The van der Waals surface area contributed by atoms with Crippen LogP contribution in [0.1, 0.15) is 47.0 Å². The summed E-state index contributed by atoms with van der Waals surface area (Å²) < 4.78 is 3.34. The molecule has 0 aromatic heterocycles. The molecule has 1 rings (SSSR count). The lowest BCUT2D eigenvalue weighted by molar-refractivity contribution is -0.115. The van der Waals surface area contributed by atoms with E-state index in [9.17, 15) is 4.79 Å². The Hall–Kier alpha value is 1.02. The first-order valence-corrected chi connectivity index (χ1v) is 9.35. The lowest BCUT2D eigenvalue weighted by atomic mass is 9.88. The quantitative estimate of drug-likeness (QED) is 0.408. The first-order chi connectivity index (χ1) is 8.15. The van der Waals surface area contributed by atoms with Crippen molar-refractivity contribution < 1.29 is 4.79 Å². The summed E-state index contributed by atoms with van der Waals surface area (Å²) >= 11 is 6.47. The zero-order valence-corrected chi connectivity index (χ0v) is 16.8. The molecule has 2 nitrogen and oxygen atoms in total. The summed E-state index contributed by atoms with van der Waals surface area (Å²) in [6.07, 6.45) is 4.85. The van der Waals surface area contributed by atoms with E-state index in [4.69, 9.17) is 0 Å². The van der Waals surface area contributed by atoms with E-state index < -0.39 is 0 Å². The Morgan fingerprint density at radius 1 is 1.22 bits per heavy atom. The molecule has 1 aliphatic rings. The van der Waals surface area contributed by atoms with E-state index in [1.807, 2.05) is 11.8 Å². The van der Waals surface area contributed by atoms with Gasteiger partial charge < -0.3 is 3.11 Å². The minimum atomic E-state index is -0.00362. The van der Waals surface area contributed by atoms with E-state index in [2.05, 4.69) is 82.5 Å². The van der Waals surface area contributed by atoms with Crippen molar-refractivity contribution in [3.05, 3.63) is 9.28 Å². The van der Waals surface area contributed by atoms with Gasteiger partial charge in [0.25, 0.3) is 0 Å². The van der Waals surface area contributed by atoms with Gasteiger partial charge in [-0.1, -0.05) is 0 Å². The molecule has 1 aliphatic carbocycles. The van der Waals surface area contributed by atoms with Crippen LogP contribution in [0.25, 0.3) is 0 Å². The number of ketones is 1. The summed E-state index contributed by atoms with van der Waals surface area (Å²) in [6.45, 7) is 9.04. The van der Waals surface area contributed by atoms with Gasteiger partial charge in [-0.25, -0.2) is 0 Å². The second-order valence-electron chi connectivity index (χ2n) is 5.59. The van der Waals surface area contributed by atoms with Crippen molar-refractivity contribution in [2.75, 3.05) is 6.26 Å². The molecule has 0 fully saturated rings. The third-order valence-corrected chi connectivity index (χ3v) is 8.56. The van der Waals surface area contributed by atoms with E-state index in [-0.39, 0.29) is 10.3 Å². The van der Waals surface area contributed by atoms with Gasteiger partial charge in [-0.2, -0.15) is 11.8 Å². The molecule has 0 N–H and O–H groups in total. The van der Waals surface area contributed by atoms with Crippen LogP contribution in [0.4, 0.5) is 0 Å². The largest absolute Gasteiger partial charge is 0.310 e. The van der Waals surface area contributed by atoms with E-state index >= 15 is 0 Å². The highest BCUT2D eigenvalue weighted by molar-refractivity contribution is 14.1. The molecule has 0 saturated carbocycles. The molecule has 0 aliphatic heterocycles. The molecule has 0 saturated heterocycles. The van der Waals surface area contributed by atoms with Gasteiger partial charge in [0.05, 0.1) is 32.0 Å². The smallest absolute Gasteiger partial charge is 0.170 e. The van der Waals surface area contributed by atoms with E-state index in [1.165, 1.54) is 5.70 Å². The Morgan fingerprint density at radius 3 is 2.28 bits per heavy atom. The second kappa shape index (κ2) is 6.20. The minimum Gasteiger partial charge on any atom is -0.310 e. The number of allylic oxidation sites excluding steroid dienone is 2. The van der Waals surface area contributed by atoms with Gasteiger partial charge in [0, 0.05) is 16.9 Å². The van der Waals surface area contributed by atoms with Crippen molar-refractivity contribution >= 4 is 63.0 Å². The molecule has 0 aromatic carbocycles. The van der Waals surface area contributed by atoms with Crippen LogP contribution < -0.4 is 0 Å². The third-order valence-electron chi connectivity index (χ3n) is 4.03. The number of rotatable bonds is 4. The Kier molecular flexibility index (Phi) is 5.88. The predicted octanol–water partition coefficient (Wildman–Crippen LogP) is 4.96. The monoisotopic (exact) mass is 493 g/mol. The third kappa shape index (κ3) is 3.19. The fourth-order valence-corrected chi connectivity index (χ4v) is 4.89. The van der Waals surface area contributed by atoms with Crippen LogP contribution in [0, 0.1) is 0 Å². The molecular formula is C13H21I2NOS. The summed E-state index contributed by atoms with van der Waals surface area (Å²) in [4.78, 5) is 11.9. The number of thioether (sulfide) groups is 1. The van der Waals surface area contributed by atoms with Crippen molar-refractivity contribution in [3.8, 4) is 0 Å². The molecule has 0 heterocycles. The molecule has 0 aromatic rings. The molecule has 0 atom stereocenters. The van der Waals surface area contributed by atoms with Crippen LogP contribution in [0.3, 0.4) is 0 Å². The molecule has 0 spiro atoms. The van der Waals surface area contributed by atoms with Gasteiger partial charge in [-0.3, -0.25) is 4.79 Å². The van der Waals surface area contributed by atoms with Crippen LogP contribution in [0.2, 0.25) is 0 Å². The van der Waals surface area contributed by atoms with E-state index in [0.717, 1.165) is 16.4 Å². The summed E-state index contributed by atoms with van der Waals surface area (Å²) in [6, 6.07) is 0. The maximum absolute atomic E-state index is 11.9. The molecule has 104 valence electrons. The van der Waals surface area contributed by atoms with Gasteiger partial charge in [-0.05, 0) is 69.4 Å². The fraction of sp³-hybridized carbons (Fsp3) is 0.769. The number of carbonyl (C=O) groups excluding carboxylic acids is 1. The summed E-state index contributed by atoms with van der Waals surface area (Å²) in [7, 11) is 0. The van der Waals surface area contributed by atoms with Crippen LogP contribution in [0.15, 0.2) is 9.28 Å². The van der Waals surface area contributed by atoms with Crippen LogP contribution >= 0.6 is 57.2 Å². The highest BCUT2D eigenvalue weighted by Gasteiger charge is 2.42. The lowest BCUT2D eigenvalue weighted by Crippen LogP contribution is -2.52. The predicted molar refractivity (Wildman–Crippen MR) is 97.4 cm³/mol. The normalized spacial score (nSPS) is 18.3. The van der Waals surface area contributed by atoms with Gasteiger partial charge in [-0.15, -0.1) is 0 Å². The molecule has 0 radical (unpaired) electrons. The topological polar surface area (TPSA) is 20.3 Å². The maximum atomic E-state index is 11.9. The van der Waals surface area contributed by atoms with Gasteiger partial charge >= 0.3 is 0 Å². The minimum absolute atomic E-state index is 0.00362. The van der Waals surface area contributed by atoms with Crippen LogP contribution in [-0.4, -0.2) is 25.4 Å². The number of Topliss-reactive ketones (excluding diaryl/α,β-unsaturated/α-hetero) is 1. The van der Waals surface area contributed by atoms with Crippen LogP contribution in [-0.2, 0) is 4.79 Å². The number of hydrogen-bond acceptors (Lipinski definition) is 3. The van der Waals surface area contributed by atoms with E-state index in [0.29, 0.717) is 12.2 Å². The van der Waals surface area contributed by atoms with Crippen molar-refractivity contribution in [2.45, 2.75) is 57.2 Å². The van der Waals surface area contributed by atoms with Gasteiger partial charge in [0.15, 0.2) is 5.78 Å². The fourth-order valence-electron chi connectivity index (χ4n) is 1.80. The standard InChI is InChI=1S/C13H21I2NOS/c1-12(2,13(3,4)18-5)16(15)9-7-6-8-10(17)11(9)14/h6-8H2,1-5H3. The van der Waals surface area contributed by atoms with Crippen LogP contribution in [0.5, 0.6) is 0 Å². The zero-order valence-electron chi connectivity index (χ0n) is 11.6. The Morgan fingerprint density at radius 2 is 1.78 bits per heavy atom. The first-order valence-electron chi connectivity index (χ1n) is 6.08.